The van der Waals surface area contributed by atoms with E-state index in [1.165, 1.54) is 11.9 Å². The topological polar surface area (TPSA) is 106 Å². The van der Waals surface area contributed by atoms with Crippen LogP contribution in [0.1, 0.15) is 24.3 Å². The van der Waals surface area contributed by atoms with E-state index in [0.717, 1.165) is 6.07 Å². The summed E-state index contributed by atoms with van der Waals surface area (Å²) >= 11 is 0. The number of H-pyrrole nitrogens is 2. The number of amides is 1. The number of nitrogens with one attached hydrogen (secondary N) is 2. The van der Waals surface area contributed by atoms with Crippen molar-refractivity contribution in [2.24, 2.45) is 0 Å². The maximum atomic E-state index is 11.9. The molecule has 0 aliphatic carbocycles. The first kappa shape index (κ1) is 13.2. The molecule has 0 spiro atoms. The van der Waals surface area contributed by atoms with Gasteiger partial charge in [-0.05, 0) is 13.8 Å². The summed E-state index contributed by atoms with van der Waals surface area (Å²) in [6.45, 7) is 3.09. The molecule has 1 aromatic heterocycles. The highest BCUT2D eigenvalue weighted by atomic mass is 16.3. The Morgan fingerprint density at radius 1 is 1.41 bits per heavy atom. The molecule has 1 rings (SSSR count). The van der Waals surface area contributed by atoms with Crippen LogP contribution in [0.3, 0.4) is 0 Å². The van der Waals surface area contributed by atoms with E-state index < -0.39 is 22.7 Å². The van der Waals surface area contributed by atoms with Gasteiger partial charge in [0.2, 0.25) is 0 Å². The van der Waals surface area contributed by atoms with Gasteiger partial charge in [-0.25, -0.2) is 4.79 Å². The Labute approximate surface area is 97.1 Å². The second kappa shape index (κ2) is 4.54. The molecule has 1 heterocycles. The van der Waals surface area contributed by atoms with Crippen LogP contribution in [0.4, 0.5) is 0 Å². The fourth-order valence-corrected chi connectivity index (χ4v) is 1.15. The molecular weight excluding hydrogens is 226 g/mol. The third-order valence-corrected chi connectivity index (χ3v) is 2.59. The molecule has 0 aliphatic heterocycles. The van der Waals surface area contributed by atoms with Crippen LogP contribution in [0, 0.1) is 0 Å². The summed E-state index contributed by atoms with van der Waals surface area (Å²) < 4.78 is 0. The number of aromatic nitrogens is 2. The van der Waals surface area contributed by atoms with Crippen LogP contribution in [-0.2, 0) is 0 Å². The molecule has 17 heavy (non-hydrogen) atoms. The number of carbonyl (C=O) groups excluding carboxylic acids is 1. The minimum Gasteiger partial charge on any atom is -0.394 e. The van der Waals surface area contributed by atoms with Crippen molar-refractivity contribution in [2.75, 3.05) is 13.7 Å². The summed E-state index contributed by atoms with van der Waals surface area (Å²) in [6.07, 6.45) is 0. The van der Waals surface area contributed by atoms with Gasteiger partial charge in [-0.15, -0.1) is 0 Å². The van der Waals surface area contributed by atoms with Crippen molar-refractivity contribution in [1.29, 1.82) is 0 Å². The van der Waals surface area contributed by atoms with Crippen LogP contribution in [-0.4, -0.2) is 45.1 Å². The van der Waals surface area contributed by atoms with E-state index in [0.29, 0.717) is 0 Å². The lowest BCUT2D eigenvalue weighted by molar-refractivity contribution is 0.0467. The maximum Gasteiger partial charge on any atom is 0.326 e. The van der Waals surface area contributed by atoms with E-state index in [4.69, 9.17) is 5.11 Å². The SMILES string of the molecule is CN(C(=O)c1cc(=O)[nH]c(=O)[nH]1)C(C)(C)CO. The molecule has 0 bridgehead atoms. The van der Waals surface area contributed by atoms with Gasteiger partial charge in [0, 0.05) is 13.1 Å². The smallest absolute Gasteiger partial charge is 0.326 e. The standard InChI is InChI=1S/C10H15N3O4/c1-10(2,5-14)13(3)8(16)6-4-7(15)12-9(17)11-6/h4,14H,5H2,1-3H3,(H2,11,12,15,17). The van der Waals surface area contributed by atoms with Crippen molar-refractivity contribution in [3.05, 3.63) is 32.6 Å². The van der Waals surface area contributed by atoms with E-state index in [1.807, 2.05) is 4.98 Å². The van der Waals surface area contributed by atoms with Gasteiger partial charge in [0.15, 0.2) is 0 Å². The van der Waals surface area contributed by atoms with Crippen molar-refractivity contribution in [1.82, 2.24) is 14.9 Å². The fourth-order valence-electron chi connectivity index (χ4n) is 1.15. The Balaban J connectivity index is 3.13. The summed E-state index contributed by atoms with van der Waals surface area (Å²) in [4.78, 5) is 39.5. The monoisotopic (exact) mass is 241 g/mol. The zero-order valence-corrected chi connectivity index (χ0v) is 9.90. The lowest BCUT2D eigenvalue weighted by Gasteiger charge is -2.33. The summed E-state index contributed by atoms with van der Waals surface area (Å²) in [5.74, 6) is -0.535. The van der Waals surface area contributed by atoms with Crippen LogP contribution in [0.15, 0.2) is 15.7 Å². The van der Waals surface area contributed by atoms with Gasteiger partial charge in [-0.1, -0.05) is 0 Å². The number of carbonyl (C=O) groups is 1. The van der Waals surface area contributed by atoms with Crippen LogP contribution >= 0.6 is 0 Å². The highest BCUT2D eigenvalue weighted by Gasteiger charge is 2.28. The molecule has 7 heteroatoms. The number of aliphatic hydroxyl groups is 1. The van der Waals surface area contributed by atoms with Crippen LogP contribution in [0.25, 0.3) is 0 Å². The molecule has 0 unspecified atom stereocenters. The Kier molecular flexibility index (Phi) is 3.52. The summed E-state index contributed by atoms with van der Waals surface area (Å²) in [6, 6.07) is 1.01. The van der Waals surface area contributed by atoms with Crippen LogP contribution in [0.2, 0.25) is 0 Å². The quantitative estimate of drug-likeness (QED) is 0.624. The summed E-state index contributed by atoms with van der Waals surface area (Å²) in [7, 11) is 1.48. The van der Waals surface area contributed by atoms with Crippen LogP contribution in [0.5, 0.6) is 0 Å². The molecule has 7 nitrogen and oxygen atoms in total. The third-order valence-electron chi connectivity index (χ3n) is 2.59. The molecule has 0 saturated carbocycles. The number of hydrogen-bond acceptors (Lipinski definition) is 4. The lowest BCUT2D eigenvalue weighted by atomic mass is 10.0. The molecule has 0 fully saturated rings. The fraction of sp³-hybridized carbons (Fsp3) is 0.500. The minimum atomic E-state index is -0.781. The molecule has 0 radical (unpaired) electrons. The van der Waals surface area contributed by atoms with Crippen LogP contribution < -0.4 is 11.2 Å². The van der Waals surface area contributed by atoms with Gasteiger partial charge in [-0.3, -0.25) is 14.6 Å². The first-order valence-corrected chi connectivity index (χ1v) is 5.00. The highest BCUT2D eigenvalue weighted by molar-refractivity contribution is 5.92. The number of nitrogens with zero attached hydrogens (tertiary/aromatic N) is 1. The highest BCUT2D eigenvalue weighted by Crippen LogP contribution is 2.13. The first-order chi connectivity index (χ1) is 7.77. The molecule has 3 N–H and O–H groups in total. The van der Waals surface area contributed by atoms with E-state index >= 15 is 0 Å². The minimum absolute atomic E-state index is 0.109. The lowest BCUT2D eigenvalue weighted by Crippen LogP contribution is -2.48. The van der Waals surface area contributed by atoms with E-state index in [9.17, 15) is 14.4 Å². The average Bonchev–Trinajstić information content (AvgIpc) is 2.25. The molecule has 94 valence electrons. The van der Waals surface area contributed by atoms with Gasteiger partial charge in [0.05, 0.1) is 12.1 Å². The predicted octanol–water partition coefficient (Wildman–Crippen LogP) is -1.09. The summed E-state index contributed by atoms with van der Waals surface area (Å²) in [5, 5.41) is 9.14. The van der Waals surface area contributed by atoms with Gasteiger partial charge in [0.25, 0.3) is 11.5 Å². The van der Waals surface area contributed by atoms with Crippen molar-refractivity contribution in [3.63, 3.8) is 0 Å². The maximum absolute atomic E-state index is 11.9. The second-order valence-corrected chi connectivity index (χ2v) is 4.34. The molecule has 1 aromatic rings. The Bertz CT molecular complexity index is 501. The van der Waals surface area contributed by atoms with E-state index in [-0.39, 0.29) is 12.3 Å². The van der Waals surface area contributed by atoms with E-state index in [1.54, 1.807) is 13.8 Å². The zero-order valence-electron chi connectivity index (χ0n) is 9.90. The van der Waals surface area contributed by atoms with E-state index in [2.05, 4.69) is 4.98 Å². The van der Waals surface area contributed by atoms with Gasteiger partial charge in [0.1, 0.15) is 5.69 Å². The number of hydrogen-bond donors (Lipinski definition) is 3. The van der Waals surface area contributed by atoms with Gasteiger partial charge in [-0.2, -0.15) is 0 Å². The largest absolute Gasteiger partial charge is 0.394 e. The predicted molar refractivity (Wildman–Crippen MR) is 60.9 cm³/mol. The van der Waals surface area contributed by atoms with Crippen molar-refractivity contribution >= 4 is 5.91 Å². The van der Waals surface area contributed by atoms with Crippen molar-refractivity contribution in [2.45, 2.75) is 19.4 Å². The number of aromatic amines is 2. The molecule has 0 aromatic carbocycles. The molecule has 0 atom stereocenters. The Hall–Kier alpha value is -1.89. The zero-order chi connectivity index (χ0) is 13.2. The molecule has 1 amide bonds. The number of aliphatic hydroxyl groups excluding tert-OH is 1. The number of rotatable bonds is 3. The van der Waals surface area contributed by atoms with Crippen molar-refractivity contribution in [3.8, 4) is 0 Å². The van der Waals surface area contributed by atoms with Crippen molar-refractivity contribution < 1.29 is 9.90 Å². The third kappa shape index (κ3) is 2.82. The molecule has 0 aliphatic rings. The average molecular weight is 241 g/mol. The first-order valence-electron chi connectivity index (χ1n) is 5.00. The van der Waals surface area contributed by atoms with Gasteiger partial charge < -0.3 is 15.0 Å². The normalized spacial score (nSPS) is 11.3. The summed E-state index contributed by atoms with van der Waals surface area (Å²) in [5.41, 5.74) is -2.28. The Morgan fingerprint density at radius 3 is 2.47 bits per heavy atom. The molecular formula is C10H15N3O4. The van der Waals surface area contributed by atoms with Gasteiger partial charge >= 0.3 is 5.69 Å². The number of likely N-dealkylation sites (N-methyl/N-ethyl adjacent to an activating group) is 1. The Morgan fingerprint density at radius 2 is 2.00 bits per heavy atom. The second-order valence-electron chi connectivity index (χ2n) is 4.34. The molecule has 0 saturated heterocycles.